The summed E-state index contributed by atoms with van der Waals surface area (Å²) in [5.74, 6) is 0.754. The predicted octanol–water partition coefficient (Wildman–Crippen LogP) is 8.91. The van der Waals surface area contributed by atoms with Crippen LogP contribution in [0.15, 0.2) is 54.6 Å². The Hall–Kier alpha value is -2.33. The van der Waals surface area contributed by atoms with Gasteiger partial charge in [0.1, 0.15) is 12.3 Å². The quantitative estimate of drug-likeness (QED) is 0.0853. The van der Waals surface area contributed by atoms with E-state index in [1.165, 1.54) is 81.8 Å². The molecular formula is C35H56NO3+. The van der Waals surface area contributed by atoms with Crippen LogP contribution in [0.2, 0.25) is 0 Å². The van der Waals surface area contributed by atoms with Gasteiger partial charge in [-0.3, -0.25) is 4.79 Å². The normalized spacial score (nSPS) is 12.3. The lowest BCUT2D eigenvalue weighted by Crippen LogP contribution is -2.40. The monoisotopic (exact) mass is 538 g/mol. The zero-order valence-corrected chi connectivity index (χ0v) is 25.5. The number of benzene rings is 2. The van der Waals surface area contributed by atoms with E-state index in [9.17, 15) is 4.79 Å². The van der Waals surface area contributed by atoms with Crippen LogP contribution in [0.1, 0.15) is 108 Å². The third-order valence-corrected chi connectivity index (χ3v) is 7.49. The first kappa shape index (κ1) is 32.9. The van der Waals surface area contributed by atoms with Crippen LogP contribution in [0.25, 0.3) is 0 Å². The van der Waals surface area contributed by atoms with E-state index < -0.39 is 0 Å². The van der Waals surface area contributed by atoms with Gasteiger partial charge in [-0.25, -0.2) is 0 Å². The third-order valence-electron chi connectivity index (χ3n) is 7.49. The molecule has 0 saturated carbocycles. The SMILES string of the molecule is CCCCCCCCCCCCCc1ccc(OC(C)CCOC(=O)CC[N+](C)(C)Cc2ccccc2)cc1. The molecule has 4 heteroatoms. The lowest BCUT2D eigenvalue weighted by atomic mass is 10.0. The first-order chi connectivity index (χ1) is 18.9. The highest BCUT2D eigenvalue weighted by Gasteiger charge is 2.18. The van der Waals surface area contributed by atoms with Crippen LogP contribution in [-0.4, -0.2) is 43.8 Å². The van der Waals surface area contributed by atoms with Gasteiger partial charge in [0.05, 0.1) is 39.8 Å². The van der Waals surface area contributed by atoms with Crippen LogP contribution < -0.4 is 4.74 Å². The highest BCUT2D eigenvalue weighted by Crippen LogP contribution is 2.18. The Labute approximate surface area is 239 Å². The molecule has 0 spiro atoms. The standard InChI is InChI=1S/C35H56NO3/c1-5-6-7-8-9-10-11-12-13-14-16-19-32-22-24-34(25-23-32)39-31(2)27-29-38-35(37)26-28-36(3,4)30-33-20-17-15-18-21-33/h15,17-18,20-25,31H,5-14,16,19,26-30H2,1-4H3/q+1. The summed E-state index contributed by atoms with van der Waals surface area (Å²) in [7, 11) is 4.30. The number of carbonyl (C=O) groups is 1. The number of rotatable bonds is 22. The van der Waals surface area contributed by atoms with Crippen molar-refractivity contribution in [2.45, 2.75) is 116 Å². The molecule has 2 aromatic rings. The average molecular weight is 539 g/mol. The number of unbranched alkanes of at least 4 members (excludes halogenated alkanes) is 10. The van der Waals surface area contributed by atoms with Crippen molar-refractivity contribution in [2.75, 3.05) is 27.2 Å². The van der Waals surface area contributed by atoms with Gasteiger partial charge in [0.2, 0.25) is 0 Å². The predicted molar refractivity (Wildman–Crippen MR) is 164 cm³/mol. The summed E-state index contributed by atoms with van der Waals surface area (Å²) in [4.78, 5) is 12.3. The summed E-state index contributed by atoms with van der Waals surface area (Å²) in [6.45, 7) is 6.36. The second kappa shape index (κ2) is 19.7. The van der Waals surface area contributed by atoms with Crippen LogP contribution in [0.5, 0.6) is 5.75 Å². The van der Waals surface area contributed by atoms with E-state index in [1.807, 2.05) is 13.0 Å². The van der Waals surface area contributed by atoms with E-state index in [0.717, 1.165) is 29.7 Å². The van der Waals surface area contributed by atoms with Crippen LogP contribution in [-0.2, 0) is 22.5 Å². The molecule has 1 unspecified atom stereocenters. The minimum absolute atomic E-state index is 0.000553. The van der Waals surface area contributed by atoms with E-state index in [0.29, 0.717) is 19.4 Å². The molecule has 0 aliphatic carbocycles. The smallest absolute Gasteiger partial charge is 0.311 e. The molecule has 39 heavy (non-hydrogen) atoms. The Morgan fingerprint density at radius 2 is 1.36 bits per heavy atom. The van der Waals surface area contributed by atoms with Gasteiger partial charge in [0.15, 0.2) is 0 Å². The maximum absolute atomic E-state index is 12.3. The van der Waals surface area contributed by atoms with Gasteiger partial charge < -0.3 is 14.0 Å². The van der Waals surface area contributed by atoms with Crippen molar-refractivity contribution in [2.24, 2.45) is 0 Å². The number of ether oxygens (including phenoxy) is 2. The Balaban J connectivity index is 1.51. The number of hydrogen-bond donors (Lipinski definition) is 0. The first-order valence-electron chi connectivity index (χ1n) is 15.6. The van der Waals surface area contributed by atoms with Crippen molar-refractivity contribution in [1.82, 2.24) is 0 Å². The molecule has 0 aromatic heterocycles. The van der Waals surface area contributed by atoms with Crippen molar-refractivity contribution in [3.8, 4) is 5.75 Å². The fraction of sp³-hybridized carbons (Fsp3) is 0.629. The lowest BCUT2D eigenvalue weighted by Gasteiger charge is -2.29. The maximum atomic E-state index is 12.3. The van der Waals surface area contributed by atoms with Crippen LogP contribution in [0.3, 0.4) is 0 Å². The highest BCUT2D eigenvalue weighted by molar-refractivity contribution is 5.69. The largest absolute Gasteiger partial charge is 0.491 e. The Morgan fingerprint density at radius 1 is 0.769 bits per heavy atom. The Morgan fingerprint density at radius 3 is 1.97 bits per heavy atom. The summed E-state index contributed by atoms with van der Waals surface area (Å²) in [5, 5.41) is 0. The zero-order chi connectivity index (χ0) is 28.2. The van der Waals surface area contributed by atoms with E-state index in [2.05, 4.69) is 69.6 Å². The van der Waals surface area contributed by atoms with Gasteiger partial charge in [-0.1, -0.05) is 114 Å². The topological polar surface area (TPSA) is 35.5 Å². The summed E-state index contributed by atoms with van der Waals surface area (Å²) < 4.78 is 12.3. The summed E-state index contributed by atoms with van der Waals surface area (Å²) >= 11 is 0. The second-order valence-electron chi connectivity index (χ2n) is 11.9. The van der Waals surface area contributed by atoms with Crippen molar-refractivity contribution in [1.29, 1.82) is 0 Å². The van der Waals surface area contributed by atoms with Crippen LogP contribution >= 0.6 is 0 Å². The van der Waals surface area contributed by atoms with E-state index in [-0.39, 0.29) is 12.1 Å². The molecule has 0 fully saturated rings. The number of quaternary nitrogens is 1. The van der Waals surface area contributed by atoms with Crippen LogP contribution in [0, 0.1) is 0 Å². The molecule has 0 aliphatic rings. The molecule has 0 N–H and O–H groups in total. The molecule has 0 saturated heterocycles. The molecule has 0 amide bonds. The Bertz CT molecular complexity index is 879. The molecule has 0 heterocycles. The van der Waals surface area contributed by atoms with Crippen LogP contribution in [0.4, 0.5) is 0 Å². The molecule has 2 aromatic carbocycles. The van der Waals surface area contributed by atoms with Crippen molar-refractivity contribution >= 4 is 5.97 Å². The molecule has 2 rings (SSSR count). The van der Waals surface area contributed by atoms with Gasteiger partial charge in [-0.2, -0.15) is 0 Å². The number of aryl methyl sites for hydroxylation is 1. The molecule has 0 bridgehead atoms. The number of esters is 1. The van der Waals surface area contributed by atoms with E-state index in [4.69, 9.17) is 9.47 Å². The Kier molecular flexibility index (Phi) is 16.6. The second-order valence-corrected chi connectivity index (χ2v) is 11.9. The number of carbonyl (C=O) groups excluding carboxylic acids is 1. The zero-order valence-electron chi connectivity index (χ0n) is 25.5. The minimum atomic E-state index is -0.131. The van der Waals surface area contributed by atoms with Crippen molar-refractivity contribution in [3.05, 3.63) is 65.7 Å². The van der Waals surface area contributed by atoms with Crippen molar-refractivity contribution in [3.63, 3.8) is 0 Å². The fourth-order valence-corrected chi connectivity index (χ4v) is 4.98. The highest BCUT2D eigenvalue weighted by atomic mass is 16.5. The molecule has 1 atom stereocenters. The van der Waals surface area contributed by atoms with Gasteiger partial charge in [-0.05, 0) is 37.5 Å². The third kappa shape index (κ3) is 16.4. The van der Waals surface area contributed by atoms with Crippen molar-refractivity contribution < 1.29 is 18.8 Å². The van der Waals surface area contributed by atoms with Gasteiger partial charge in [0.25, 0.3) is 0 Å². The minimum Gasteiger partial charge on any atom is -0.491 e. The van der Waals surface area contributed by atoms with Gasteiger partial charge >= 0.3 is 5.97 Å². The molecule has 0 aliphatic heterocycles. The molecule has 4 nitrogen and oxygen atoms in total. The molecular weight excluding hydrogens is 482 g/mol. The van der Waals surface area contributed by atoms with Gasteiger partial charge in [0, 0.05) is 12.0 Å². The van der Waals surface area contributed by atoms with E-state index in [1.54, 1.807) is 0 Å². The summed E-state index contributed by atoms with van der Waals surface area (Å²) in [5.41, 5.74) is 2.66. The molecule has 218 valence electrons. The fourth-order valence-electron chi connectivity index (χ4n) is 4.98. The summed E-state index contributed by atoms with van der Waals surface area (Å²) in [6, 6.07) is 18.9. The molecule has 0 radical (unpaired) electrons. The maximum Gasteiger partial charge on any atom is 0.311 e. The van der Waals surface area contributed by atoms with E-state index >= 15 is 0 Å². The number of nitrogens with zero attached hydrogens (tertiary/aromatic N) is 1. The lowest BCUT2D eigenvalue weighted by molar-refractivity contribution is -0.903. The summed E-state index contributed by atoms with van der Waals surface area (Å²) in [6.07, 6.45) is 17.4. The number of hydrogen-bond acceptors (Lipinski definition) is 3. The first-order valence-corrected chi connectivity index (χ1v) is 15.6. The average Bonchev–Trinajstić information content (AvgIpc) is 2.92. The van der Waals surface area contributed by atoms with Gasteiger partial charge in [-0.15, -0.1) is 0 Å².